The van der Waals surface area contributed by atoms with Gasteiger partial charge in [-0.05, 0) is 17.3 Å². The highest BCUT2D eigenvalue weighted by atomic mass is 35.5. The van der Waals surface area contributed by atoms with E-state index in [4.69, 9.17) is 16.1 Å². The third-order valence-corrected chi connectivity index (χ3v) is 2.09. The van der Waals surface area contributed by atoms with Gasteiger partial charge in [0.2, 0.25) is 0 Å². The zero-order valence-corrected chi connectivity index (χ0v) is 8.75. The Morgan fingerprint density at radius 2 is 2.13 bits per heavy atom. The molecule has 2 rings (SSSR count). The Morgan fingerprint density at radius 3 is 2.80 bits per heavy atom. The van der Waals surface area contributed by atoms with E-state index in [0.29, 0.717) is 17.0 Å². The summed E-state index contributed by atoms with van der Waals surface area (Å²) >= 11 is 5.95. The van der Waals surface area contributed by atoms with Crippen molar-refractivity contribution in [2.45, 2.75) is 0 Å². The lowest BCUT2D eigenvalue weighted by Crippen LogP contribution is -1.93. The van der Waals surface area contributed by atoms with Crippen molar-refractivity contribution in [1.29, 1.82) is 0 Å². The number of para-hydroxylation sites is 1. The molecule has 1 heterocycles. The van der Waals surface area contributed by atoms with Gasteiger partial charge in [-0.3, -0.25) is 0 Å². The molecule has 2 aromatic rings. The molecule has 0 aliphatic rings. The summed E-state index contributed by atoms with van der Waals surface area (Å²) in [6.45, 7) is 0. The van der Waals surface area contributed by atoms with Crippen LogP contribution in [0.1, 0.15) is 0 Å². The molecule has 0 atom stereocenters. The zero-order valence-electron chi connectivity index (χ0n) is 7.99. The molecular weight excluding hydrogens is 216 g/mol. The Morgan fingerprint density at radius 1 is 1.33 bits per heavy atom. The van der Waals surface area contributed by atoms with Gasteiger partial charge < -0.3 is 15.2 Å². The number of nitrogens with zero attached hydrogens (tertiary/aromatic N) is 2. The zero-order chi connectivity index (χ0) is 10.7. The minimum Gasteiger partial charge on any atom is -0.341 e. The van der Waals surface area contributed by atoms with Crippen LogP contribution in [0.15, 0.2) is 28.8 Å². The fourth-order valence-corrected chi connectivity index (χ4v) is 1.24. The number of nitrogens with one attached hydrogen (secondary N) is 2. The molecule has 1 aromatic carbocycles. The van der Waals surface area contributed by atoms with E-state index < -0.39 is 0 Å². The third kappa shape index (κ3) is 2.19. The van der Waals surface area contributed by atoms with Gasteiger partial charge in [-0.2, -0.15) is 4.98 Å². The summed E-state index contributed by atoms with van der Waals surface area (Å²) in [5.41, 5.74) is 0.739. The summed E-state index contributed by atoms with van der Waals surface area (Å²) in [5.74, 6) is 0.368. The van der Waals surface area contributed by atoms with Crippen molar-refractivity contribution in [2.75, 3.05) is 17.7 Å². The van der Waals surface area contributed by atoms with Crippen molar-refractivity contribution < 1.29 is 4.52 Å². The molecule has 0 bridgehead atoms. The molecule has 0 radical (unpaired) electrons. The number of hydrogen-bond acceptors (Lipinski definition) is 5. The molecule has 2 N–H and O–H groups in total. The normalized spacial score (nSPS) is 10.0. The number of anilines is 3. The summed E-state index contributed by atoms with van der Waals surface area (Å²) in [4.78, 5) is 4.01. The molecule has 0 unspecified atom stereocenters. The fraction of sp³-hybridized carbons (Fsp3) is 0.111. The summed E-state index contributed by atoms with van der Waals surface area (Å²) in [5, 5.41) is 9.98. The SMILES string of the molecule is CNc1nc(Nc2ccccc2Cl)no1. The topological polar surface area (TPSA) is 63.0 Å². The molecule has 0 amide bonds. The average molecular weight is 225 g/mol. The van der Waals surface area contributed by atoms with Crippen LogP contribution in [0.4, 0.5) is 17.7 Å². The molecule has 0 saturated heterocycles. The second-order valence-corrected chi connectivity index (χ2v) is 3.19. The first-order valence-electron chi connectivity index (χ1n) is 4.32. The Balaban J connectivity index is 2.18. The van der Waals surface area contributed by atoms with Crippen molar-refractivity contribution in [1.82, 2.24) is 10.1 Å². The molecular formula is C9H9ClN4O. The van der Waals surface area contributed by atoms with Gasteiger partial charge in [0.15, 0.2) is 0 Å². The fourth-order valence-electron chi connectivity index (χ4n) is 1.06. The van der Waals surface area contributed by atoms with Crippen molar-refractivity contribution in [3.63, 3.8) is 0 Å². The molecule has 0 spiro atoms. The van der Waals surface area contributed by atoms with Gasteiger partial charge in [-0.25, -0.2) is 0 Å². The summed E-state index contributed by atoms with van der Waals surface area (Å²) in [7, 11) is 1.70. The van der Waals surface area contributed by atoms with Crippen LogP contribution in [0, 0.1) is 0 Å². The number of rotatable bonds is 3. The van der Waals surface area contributed by atoms with Crippen molar-refractivity contribution >= 4 is 29.3 Å². The first-order chi connectivity index (χ1) is 7.29. The molecule has 78 valence electrons. The molecule has 0 fully saturated rings. The van der Waals surface area contributed by atoms with Gasteiger partial charge in [-0.1, -0.05) is 23.7 Å². The summed E-state index contributed by atoms with van der Waals surface area (Å²) < 4.78 is 4.85. The number of hydrogen-bond donors (Lipinski definition) is 2. The van der Waals surface area contributed by atoms with Gasteiger partial charge >= 0.3 is 6.01 Å². The first kappa shape index (κ1) is 9.79. The predicted molar refractivity (Wildman–Crippen MR) is 58.6 cm³/mol. The van der Waals surface area contributed by atoms with E-state index in [0.717, 1.165) is 5.69 Å². The van der Waals surface area contributed by atoms with Crippen molar-refractivity contribution in [3.8, 4) is 0 Å². The van der Waals surface area contributed by atoms with E-state index >= 15 is 0 Å². The van der Waals surface area contributed by atoms with Crippen LogP contribution < -0.4 is 10.6 Å². The maximum absolute atomic E-state index is 5.95. The standard InChI is InChI=1S/C9H9ClN4O/c1-11-9-13-8(14-15-9)12-7-5-3-2-4-6(7)10/h2-5H,1H3,(H2,11,12,13,14). The van der Waals surface area contributed by atoms with Crippen molar-refractivity contribution in [2.24, 2.45) is 0 Å². The molecule has 0 aliphatic heterocycles. The van der Waals surface area contributed by atoms with Gasteiger partial charge in [0.25, 0.3) is 5.95 Å². The smallest absolute Gasteiger partial charge is 0.322 e. The molecule has 0 aliphatic carbocycles. The number of aromatic nitrogens is 2. The second kappa shape index (κ2) is 4.18. The highest BCUT2D eigenvalue weighted by Gasteiger charge is 2.05. The monoisotopic (exact) mass is 224 g/mol. The first-order valence-corrected chi connectivity index (χ1v) is 4.70. The third-order valence-electron chi connectivity index (χ3n) is 1.76. The second-order valence-electron chi connectivity index (χ2n) is 2.78. The lowest BCUT2D eigenvalue weighted by atomic mass is 10.3. The molecule has 5 nitrogen and oxygen atoms in total. The van der Waals surface area contributed by atoms with Gasteiger partial charge in [0.05, 0.1) is 10.7 Å². The van der Waals surface area contributed by atoms with Gasteiger partial charge in [0.1, 0.15) is 0 Å². The number of halogens is 1. The number of benzene rings is 1. The van der Waals surface area contributed by atoms with Crippen LogP contribution in [0.5, 0.6) is 0 Å². The Kier molecular flexibility index (Phi) is 2.73. The van der Waals surface area contributed by atoms with Crippen LogP contribution in [-0.4, -0.2) is 17.2 Å². The van der Waals surface area contributed by atoms with E-state index in [-0.39, 0.29) is 0 Å². The molecule has 0 saturated carbocycles. The van der Waals surface area contributed by atoms with E-state index in [1.165, 1.54) is 0 Å². The minimum absolute atomic E-state index is 0.351. The van der Waals surface area contributed by atoms with Crippen LogP contribution in [0.3, 0.4) is 0 Å². The van der Waals surface area contributed by atoms with Crippen LogP contribution in [-0.2, 0) is 0 Å². The molecule has 15 heavy (non-hydrogen) atoms. The lowest BCUT2D eigenvalue weighted by molar-refractivity contribution is 0.434. The maximum Gasteiger partial charge on any atom is 0.322 e. The Bertz CT molecular complexity index is 457. The van der Waals surface area contributed by atoms with E-state index in [1.807, 2.05) is 18.2 Å². The van der Waals surface area contributed by atoms with Gasteiger partial charge in [-0.15, -0.1) is 0 Å². The van der Waals surface area contributed by atoms with Crippen LogP contribution in [0.25, 0.3) is 0 Å². The van der Waals surface area contributed by atoms with Crippen LogP contribution >= 0.6 is 11.6 Å². The molecule has 6 heteroatoms. The maximum atomic E-state index is 5.95. The largest absolute Gasteiger partial charge is 0.341 e. The minimum atomic E-state index is 0.351. The lowest BCUT2D eigenvalue weighted by Gasteiger charge is -2.01. The van der Waals surface area contributed by atoms with E-state index in [2.05, 4.69) is 20.8 Å². The molecule has 1 aromatic heterocycles. The van der Waals surface area contributed by atoms with E-state index in [9.17, 15) is 0 Å². The van der Waals surface area contributed by atoms with Gasteiger partial charge in [0, 0.05) is 7.05 Å². The predicted octanol–water partition coefficient (Wildman–Crippen LogP) is 2.51. The van der Waals surface area contributed by atoms with Crippen molar-refractivity contribution in [3.05, 3.63) is 29.3 Å². The Labute approximate surface area is 91.4 Å². The Hall–Kier alpha value is -1.75. The highest BCUT2D eigenvalue weighted by molar-refractivity contribution is 6.33. The summed E-state index contributed by atoms with van der Waals surface area (Å²) in [6.07, 6.45) is 0. The summed E-state index contributed by atoms with van der Waals surface area (Å²) in [6, 6.07) is 7.68. The van der Waals surface area contributed by atoms with Crippen LogP contribution in [0.2, 0.25) is 5.02 Å². The quantitative estimate of drug-likeness (QED) is 0.839. The average Bonchev–Trinajstić information content (AvgIpc) is 2.69. The van der Waals surface area contributed by atoms with E-state index in [1.54, 1.807) is 13.1 Å². The highest BCUT2D eigenvalue weighted by Crippen LogP contribution is 2.23.